The molecule has 0 spiro atoms. The molecule has 0 atom stereocenters. The standard InChI is InChI=1S/C15H23ClN2O/c1-17(2)15(8-5-9-15)11-18(3)10-12-6-4-7-13(16)14(12)19/h4,6-7,19H,5,8-11H2,1-3H3. The monoisotopic (exact) mass is 282 g/mol. The molecule has 3 nitrogen and oxygen atoms in total. The highest BCUT2D eigenvalue weighted by molar-refractivity contribution is 6.32. The van der Waals surface area contributed by atoms with E-state index in [1.165, 1.54) is 19.3 Å². The van der Waals surface area contributed by atoms with E-state index in [-0.39, 0.29) is 5.75 Å². The highest BCUT2D eigenvalue weighted by Crippen LogP contribution is 2.37. The maximum atomic E-state index is 9.96. The van der Waals surface area contributed by atoms with Crippen molar-refractivity contribution in [1.29, 1.82) is 0 Å². The second-order valence-corrected chi connectivity index (χ2v) is 6.30. The Kier molecular flexibility index (Phi) is 4.39. The van der Waals surface area contributed by atoms with Crippen molar-refractivity contribution in [3.05, 3.63) is 28.8 Å². The average molecular weight is 283 g/mol. The van der Waals surface area contributed by atoms with Gasteiger partial charge in [-0.15, -0.1) is 0 Å². The lowest BCUT2D eigenvalue weighted by Gasteiger charge is -2.49. The Morgan fingerprint density at radius 3 is 2.47 bits per heavy atom. The van der Waals surface area contributed by atoms with E-state index in [4.69, 9.17) is 11.6 Å². The summed E-state index contributed by atoms with van der Waals surface area (Å²) in [6, 6.07) is 5.53. The number of halogens is 1. The molecule has 0 amide bonds. The fourth-order valence-electron chi connectivity index (χ4n) is 2.87. The van der Waals surface area contributed by atoms with E-state index in [1.54, 1.807) is 6.07 Å². The van der Waals surface area contributed by atoms with E-state index in [0.717, 1.165) is 18.7 Å². The summed E-state index contributed by atoms with van der Waals surface area (Å²) in [6.45, 7) is 1.74. The summed E-state index contributed by atoms with van der Waals surface area (Å²) in [5.74, 6) is 0.212. The molecule has 0 saturated heterocycles. The number of hydrogen-bond acceptors (Lipinski definition) is 3. The Labute approximate surface area is 120 Å². The molecule has 1 aromatic carbocycles. The number of phenolic OH excluding ortho intramolecular Hbond substituents is 1. The van der Waals surface area contributed by atoms with Gasteiger partial charge in [-0.05, 0) is 46.5 Å². The van der Waals surface area contributed by atoms with E-state index in [2.05, 4.69) is 30.9 Å². The van der Waals surface area contributed by atoms with Crippen LogP contribution in [0.25, 0.3) is 0 Å². The molecule has 106 valence electrons. The predicted octanol–water partition coefficient (Wildman–Crippen LogP) is 2.96. The van der Waals surface area contributed by atoms with Crippen molar-refractivity contribution < 1.29 is 5.11 Å². The van der Waals surface area contributed by atoms with Crippen LogP contribution in [-0.2, 0) is 6.54 Å². The average Bonchev–Trinajstić information content (AvgIpc) is 2.29. The Morgan fingerprint density at radius 2 is 1.95 bits per heavy atom. The number of aromatic hydroxyl groups is 1. The molecule has 0 unspecified atom stereocenters. The third-order valence-corrected chi connectivity index (χ3v) is 4.61. The molecule has 1 aliphatic rings. The minimum atomic E-state index is 0.212. The second-order valence-electron chi connectivity index (χ2n) is 5.89. The van der Waals surface area contributed by atoms with Gasteiger partial charge >= 0.3 is 0 Å². The van der Waals surface area contributed by atoms with Crippen molar-refractivity contribution in [3.8, 4) is 5.75 Å². The largest absolute Gasteiger partial charge is 0.506 e. The Morgan fingerprint density at radius 1 is 1.26 bits per heavy atom. The zero-order chi connectivity index (χ0) is 14.0. The molecule has 2 rings (SSSR count). The molecule has 0 bridgehead atoms. The van der Waals surface area contributed by atoms with Crippen LogP contribution in [0.4, 0.5) is 0 Å². The van der Waals surface area contributed by atoms with E-state index in [9.17, 15) is 5.11 Å². The van der Waals surface area contributed by atoms with Gasteiger partial charge in [0.1, 0.15) is 5.75 Å². The van der Waals surface area contributed by atoms with Crippen molar-refractivity contribution in [3.63, 3.8) is 0 Å². The molecular weight excluding hydrogens is 260 g/mol. The highest BCUT2D eigenvalue weighted by Gasteiger charge is 2.39. The molecular formula is C15H23ClN2O. The summed E-state index contributed by atoms with van der Waals surface area (Å²) < 4.78 is 0. The molecule has 0 heterocycles. The minimum absolute atomic E-state index is 0.212. The van der Waals surface area contributed by atoms with Gasteiger partial charge < -0.3 is 14.9 Å². The van der Waals surface area contributed by atoms with Gasteiger partial charge in [0.25, 0.3) is 0 Å². The van der Waals surface area contributed by atoms with Crippen LogP contribution in [0.3, 0.4) is 0 Å². The van der Waals surface area contributed by atoms with E-state index < -0.39 is 0 Å². The second kappa shape index (κ2) is 5.70. The number of benzene rings is 1. The van der Waals surface area contributed by atoms with E-state index >= 15 is 0 Å². The van der Waals surface area contributed by atoms with Crippen LogP contribution in [0.5, 0.6) is 5.75 Å². The van der Waals surface area contributed by atoms with Crippen molar-refractivity contribution in [1.82, 2.24) is 9.80 Å². The molecule has 1 fully saturated rings. The van der Waals surface area contributed by atoms with Crippen LogP contribution in [0.1, 0.15) is 24.8 Å². The van der Waals surface area contributed by atoms with Gasteiger partial charge in [0.2, 0.25) is 0 Å². The van der Waals surface area contributed by atoms with Crippen LogP contribution < -0.4 is 0 Å². The molecule has 0 radical (unpaired) electrons. The number of rotatable bonds is 5. The zero-order valence-electron chi connectivity index (χ0n) is 12.0. The lowest BCUT2D eigenvalue weighted by molar-refractivity contribution is 0.0257. The summed E-state index contributed by atoms with van der Waals surface area (Å²) in [6.07, 6.45) is 3.83. The Balaban J connectivity index is 2.01. The van der Waals surface area contributed by atoms with E-state index in [1.807, 2.05) is 12.1 Å². The normalized spacial score (nSPS) is 17.8. The summed E-state index contributed by atoms with van der Waals surface area (Å²) >= 11 is 5.94. The van der Waals surface area contributed by atoms with Crippen molar-refractivity contribution in [2.75, 3.05) is 27.7 Å². The quantitative estimate of drug-likeness (QED) is 0.899. The van der Waals surface area contributed by atoms with Gasteiger partial charge in [-0.2, -0.15) is 0 Å². The van der Waals surface area contributed by atoms with Gasteiger partial charge in [-0.1, -0.05) is 23.7 Å². The molecule has 1 aliphatic carbocycles. The van der Waals surface area contributed by atoms with Gasteiger partial charge in [0.05, 0.1) is 5.02 Å². The van der Waals surface area contributed by atoms with Crippen LogP contribution in [-0.4, -0.2) is 48.1 Å². The molecule has 1 aromatic rings. The van der Waals surface area contributed by atoms with Gasteiger partial charge in [-0.3, -0.25) is 0 Å². The number of hydrogen-bond donors (Lipinski definition) is 1. The van der Waals surface area contributed by atoms with Crippen LogP contribution in [0.15, 0.2) is 18.2 Å². The van der Waals surface area contributed by atoms with Gasteiger partial charge in [0, 0.05) is 24.2 Å². The van der Waals surface area contributed by atoms with Crippen molar-refractivity contribution in [2.24, 2.45) is 0 Å². The first-order valence-electron chi connectivity index (χ1n) is 6.77. The van der Waals surface area contributed by atoms with Crippen molar-refractivity contribution in [2.45, 2.75) is 31.3 Å². The molecule has 0 aliphatic heterocycles. The molecule has 1 saturated carbocycles. The maximum Gasteiger partial charge on any atom is 0.138 e. The lowest BCUT2D eigenvalue weighted by atomic mass is 9.75. The summed E-state index contributed by atoms with van der Waals surface area (Å²) in [5, 5.41) is 10.4. The lowest BCUT2D eigenvalue weighted by Crippen LogP contribution is -2.56. The number of likely N-dealkylation sites (N-methyl/N-ethyl adjacent to an activating group) is 2. The first kappa shape index (κ1) is 14.6. The van der Waals surface area contributed by atoms with Gasteiger partial charge in [0.15, 0.2) is 0 Å². The van der Waals surface area contributed by atoms with Crippen molar-refractivity contribution >= 4 is 11.6 Å². The molecule has 19 heavy (non-hydrogen) atoms. The first-order chi connectivity index (χ1) is 8.94. The zero-order valence-corrected chi connectivity index (χ0v) is 12.7. The predicted molar refractivity (Wildman–Crippen MR) is 79.7 cm³/mol. The van der Waals surface area contributed by atoms with Crippen LogP contribution in [0.2, 0.25) is 5.02 Å². The third kappa shape index (κ3) is 3.04. The number of nitrogens with zero attached hydrogens (tertiary/aromatic N) is 2. The topological polar surface area (TPSA) is 26.7 Å². The summed E-state index contributed by atoms with van der Waals surface area (Å²) in [5.41, 5.74) is 1.20. The molecule has 4 heteroatoms. The molecule has 1 N–H and O–H groups in total. The fourth-order valence-corrected chi connectivity index (χ4v) is 3.06. The number of phenols is 1. The summed E-state index contributed by atoms with van der Waals surface area (Å²) in [4.78, 5) is 4.61. The maximum absolute atomic E-state index is 9.96. The van der Waals surface area contributed by atoms with E-state index in [0.29, 0.717) is 10.6 Å². The highest BCUT2D eigenvalue weighted by atomic mass is 35.5. The van der Waals surface area contributed by atoms with Gasteiger partial charge in [-0.25, -0.2) is 0 Å². The number of para-hydroxylation sites is 1. The Bertz CT molecular complexity index is 444. The SMILES string of the molecule is CN(Cc1cccc(Cl)c1O)CC1(N(C)C)CCC1. The summed E-state index contributed by atoms with van der Waals surface area (Å²) in [7, 11) is 6.41. The van der Waals surface area contributed by atoms with Crippen LogP contribution >= 0.6 is 11.6 Å². The minimum Gasteiger partial charge on any atom is -0.506 e. The Hall–Kier alpha value is -0.770. The fraction of sp³-hybridized carbons (Fsp3) is 0.600. The third-order valence-electron chi connectivity index (χ3n) is 4.31. The van der Waals surface area contributed by atoms with Crippen LogP contribution in [0, 0.1) is 0 Å². The molecule has 0 aromatic heterocycles. The smallest absolute Gasteiger partial charge is 0.138 e. The first-order valence-corrected chi connectivity index (χ1v) is 7.15.